The highest BCUT2D eigenvalue weighted by Gasteiger charge is 2.06. The van der Waals surface area contributed by atoms with Crippen LogP contribution in [0.4, 0.5) is 0 Å². The van der Waals surface area contributed by atoms with Gasteiger partial charge in [0.2, 0.25) is 0 Å². The molecule has 0 aromatic carbocycles. The summed E-state index contributed by atoms with van der Waals surface area (Å²) in [4.78, 5) is 11.0. The Morgan fingerprint density at radius 2 is 2.36 bits per heavy atom. The third-order valence-electron chi connectivity index (χ3n) is 1.54. The van der Waals surface area contributed by atoms with Crippen LogP contribution in [0.1, 0.15) is 26.2 Å². The number of hydrogen-bond donors (Lipinski definition) is 0. The number of methoxy groups -OCH3 is 1. The summed E-state index contributed by atoms with van der Waals surface area (Å²) in [5, 5.41) is 0. The number of ketones is 1. The maximum absolute atomic E-state index is 11.0. The van der Waals surface area contributed by atoms with Gasteiger partial charge >= 0.3 is 0 Å². The molecule has 0 rings (SSSR count). The van der Waals surface area contributed by atoms with Gasteiger partial charge in [0, 0.05) is 20.0 Å². The molecule has 0 amide bonds. The predicted octanol–water partition coefficient (Wildman–Crippen LogP) is 1.95. The second-order valence-electron chi connectivity index (χ2n) is 2.62. The van der Waals surface area contributed by atoms with Crippen LogP contribution in [-0.2, 0) is 9.53 Å². The first-order chi connectivity index (χ1) is 5.20. The number of hydrogen-bond acceptors (Lipinski definition) is 2. The van der Waals surface area contributed by atoms with Crippen molar-refractivity contribution in [2.24, 2.45) is 0 Å². The van der Waals surface area contributed by atoms with Gasteiger partial charge in [-0.05, 0) is 13.3 Å². The van der Waals surface area contributed by atoms with Crippen molar-refractivity contribution in [1.29, 1.82) is 0 Å². The number of rotatable bonds is 6. The van der Waals surface area contributed by atoms with Gasteiger partial charge in [0.25, 0.3) is 0 Å². The Balaban J connectivity index is 3.43. The quantitative estimate of drug-likeness (QED) is 0.549. The first-order valence-corrected chi connectivity index (χ1v) is 3.86. The van der Waals surface area contributed by atoms with Crippen molar-refractivity contribution in [1.82, 2.24) is 0 Å². The standard InChI is InChI=1S/C9H16O2/c1-4-5-6-9(10)7-8(2)11-3/h4,8H,1,5-7H2,2-3H3. The first kappa shape index (κ1) is 10.4. The summed E-state index contributed by atoms with van der Waals surface area (Å²) in [6, 6.07) is 0. The average molecular weight is 156 g/mol. The summed E-state index contributed by atoms with van der Waals surface area (Å²) in [7, 11) is 1.62. The Morgan fingerprint density at radius 1 is 1.73 bits per heavy atom. The molecule has 2 nitrogen and oxygen atoms in total. The molecule has 0 saturated heterocycles. The van der Waals surface area contributed by atoms with Gasteiger partial charge in [-0.15, -0.1) is 6.58 Å². The minimum Gasteiger partial charge on any atom is -0.381 e. The molecule has 64 valence electrons. The maximum Gasteiger partial charge on any atom is 0.135 e. The lowest BCUT2D eigenvalue weighted by atomic mass is 10.1. The minimum atomic E-state index is 0.0484. The zero-order valence-electron chi connectivity index (χ0n) is 7.30. The van der Waals surface area contributed by atoms with Crippen molar-refractivity contribution in [3.63, 3.8) is 0 Å². The molecular formula is C9H16O2. The van der Waals surface area contributed by atoms with E-state index in [4.69, 9.17) is 4.74 Å². The van der Waals surface area contributed by atoms with E-state index in [1.54, 1.807) is 13.2 Å². The number of carbonyl (C=O) groups is 1. The highest BCUT2D eigenvalue weighted by atomic mass is 16.5. The fraction of sp³-hybridized carbons (Fsp3) is 0.667. The van der Waals surface area contributed by atoms with E-state index in [-0.39, 0.29) is 11.9 Å². The van der Waals surface area contributed by atoms with E-state index in [9.17, 15) is 4.79 Å². The number of Topliss-reactive ketones (excluding diaryl/α,β-unsaturated/α-hetero) is 1. The van der Waals surface area contributed by atoms with Gasteiger partial charge in [-0.1, -0.05) is 6.08 Å². The van der Waals surface area contributed by atoms with Crippen molar-refractivity contribution in [3.8, 4) is 0 Å². The van der Waals surface area contributed by atoms with E-state index in [1.807, 2.05) is 6.92 Å². The van der Waals surface area contributed by atoms with Gasteiger partial charge in [-0.3, -0.25) is 4.79 Å². The van der Waals surface area contributed by atoms with E-state index in [0.717, 1.165) is 6.42 Å². The lowest BCUT2D eigenvalue weighted by Gasteiger charge is -2.06. The van der Waals surface area contributed by atoms with Crippen LogP contribution in [-0.4, -0.2) is 19.0 Å². The molecule has 0 radical (unpaired) electrons. The minimum absolute atomic E-state index is 0.0484. The smallest absolute Gasteiger partial charge is 0.135 e. The highest BCUT2D eigenvalue weighted by Crippen LogP contribution is 2.01. The van der Waals surface area contributed by atoms with Crippen LogP contribution in [0.2, 0.25) is 0 Å². The molecule has 0 aliphatic carbocycles. The monoisotopic (exact) mass is 156 g/mol. The normalized spacial score (nSPS) is 12.5. The van der Waals surface area contributed by atoms with Gasteiger partial charge in [0.05, 0.1) is 6.10 Å². The van der Waals surface area contributed by atoms with Crippen molar-refractivity contribution < 1.29 is 9.53 Å². The van der Waals surface area contributed by atoms with Gasteiger partial charge in [0.15, 0.2) is 0 Å². The molecule has 1 unspecified atom stereocenters. The molecule has 1 atom stereocenters. The average Bonchev–Trinajstić information content (AvgIpc) is 2.00. The lowest BCUT2D eigenvalue weighted by Crippen LogP contribution is -2.11. The molecule has 0 spiro atoms. The fourth-order valence-corrected chi connectivity index (χ4v) is 0.769. The molecule has 0 N–H and O–H groups in total. The number of carbonyl (C=O) groups excluding carboxylic acids is 1. The van der Waals surface area contributed by atoms with Crippen LogP contribution in [0.25, 0.3) is 0 Å². The summed E-state index contributed by atoms with van der Waals surface area (Å²) in [6.45, 7) is 5.44. The number of ether oxygens (including phenoxy) is 1. The molecule has 0 bridgehead atoms. The van der Waals surface area contributed by atoms with E-state index in [1.165, 1.54) is 0 Å². The SMILES string of the molecule is C=CCCC(=O)CC(C)OC. The van der Waals surface area contributed by atoms with Gasteiger partial charge in [-0.25, -0.2) is 0 Å². The summed E-state index contributed by atoms with van der Waals surface area (Å²) >= 11 is 0. The second kappa shape index (κ2) is 6.10. The van der Waals surface area contributed by atoms with Crippen LogP contribution in [0.5, 0.6) is 0 Å². The largest absolute Gasteiger partial charge is 0.381 e. The molecule has 0 aliphatic heterocycles. The third-order valence-corrected chi connectivity index (χ3v) is 1.54. The molecule has 11 heavy (non-hydrogen) atoms. The Kier molecular flexibility index (Phi) is 5.75. The molecule has 0 fully saturated rings. The first-order valence-electron chi connectivity index (χ1n) is 3.86. The third kappa shape index (κ3) is 5.80. The number of allylic oxidation sites excluding steroid dienone is 1. The Bertz CT molecular complexity index is 130. The van der Waals surface area contributed by atoms with E-state index >= 15 is 0 Å². The Labute approximate surface area is 68.2 Å². The van der Waals surface area contributed by atoms with Gasteiger partial charge in [0.1, 0.15) is 5.78 Å². The van der Waals surface area contributed by atoms with Crippen LogP contribution in [0.15, 0.2) is 12.7 Å². The van der Waals surface area contributed by atoms with Crippen molar-refractivity contribution >= 4 is 5.78 Å². The van der Waals surface area contributed by atoms with Gasteiger partial charge in [-0.2, -0.15) is 0 Å². The summed E-state index contributed by atoms with van der Waals surface area (Å²) < 4.78 is 4.95. The van der Waals surface area contributed by atoms with Gasteiger partial charge < -0.3 is 4.74 Å². The molecule has 0 heterocycles. The van der Waals surface area contributed by atoms with E-state index < -0.39 is 0 Å². The van der Waals surface area contributed by atoms with Crippen LogP contribution < -0.4 is 0 Å². The summed E-state index contributed by atoms with van der Waals surface area (Å²) in [5.74, 6) is 0.249. The van der Waals surface area contributed by atoms with E-state index in [0.29, 0.717) is 12.8 Å². The van der Waals surface area contributed by atoms with Crippen LogP contribution >= 0.6 is 0 Å². The summed E-state index contributed by atoms with van der Waals surface area (Å²) in [5.41, 5.74) is 0. The molecule has 2 heteroatoms. The van der Waals surface area contributed by atoms with Crippen molar-refractivity contribution in [2.45, 2.75) is 32.3 Å². The predicted molar refractivity (Wildman–Crippen MR) is 45.5 cm³/mol. The van der Waals surface area contributed by atoms with Crippen LogP contribution in [0.3, 0.4) is 0 Å². The maximum atomic E-state index is 11.0. The Morgan fingerprint density at radius 3 is 2.82 bits per heavy atom. The topological polar surface area (TPSA) is 26.3 Å². The van der Waals surface area contributed by atoms with Crippen LogP contribution in [0, 0.1) is 0 Å². The molecule has 0 saturated carbocycles. The molecular weight excluding hydrogens is 140 g/mol. The molecule has 0 aromatic heterocycles. The van der Waals surface area contributed by atoms with Crippen molar-refractivity contribution in [3.05, 3.63) is 12.7 Å². The fourth-order valence-electron chi connectivity index (χ4n) is 0.769. The highest BCUT2D eigenvalue weighted by molar-refractivity contribution is 5.78. The zero-order valence-corrected chi connectivity index (χ0v) is 7.30. The lowest BCUT2D eigenvalue weighted by molar-refractivity contribution is -0.121. The molecule has 0 aliphatic rings. The second-order valence-corrected chi connectivity index (χ2v) is 2.62. The van der Waals surface area contributed by atoms with Crippen molar-refractivity contribution in [2.75, 3.05) is 7.11 Å². The summed E-state index contributed by atoms with van der Waals surface area (Å²) in [6.07, 6.45) is 3.69. The van der Waals surface area contributed by atoms with E-state index in [2.05, 4.69) is 6.58 Å². The zero-order chi connectivity index (χ0) is 8.69. The Hall–Kier alpha value is -0.630. The molecule has 0 aromatic rings.